The van der Waals surface area contributed by atoms with Crippen molar-refractivity contribution < 1.29 is 14.6 Å². The summed E-state index contributed by atoms with van der Waals surface area (Å²) >= 11 is 1.66. The van der Waals surface area contributed by atoms with E-state index in [0.717, 1.165) is 16.0 Å². The van der Waals surface area contributed by atoms with Crippen LogP contribution in [-0.2, 0) is 0 Å². The fourth-order valence-corrected chi connectivity index (χ4v) is 2.31. The summed E-state index contributed by atoms with van der Waals surface area (Å²) in [7, 11) is 1.54. The summed E-state index contributed by atoms with van der Waals surface area (Å²) in [5.74, 6) is -0.388. The topological polar surface area (TPSA) is 46.5 Å². The predicted octanol–water partition coefficient (Wildman–Crippen LogP) is 3.78. The van der Waals surface area contributed by atoms with E-state index in [2.05, 4.69) is 6.07 Å². The van der Waals surface area contributed by atoms with Gasteiger partial charge < -0.3 is 9.84 Å². The third-order valence-electron chi connectivity index (χ3n) is 2.83. The quantitative estimate of drug-likeness (QED) is 0.862. The van der Waals surface area contributed by atoms with E-state index < -0.39 is 5.97 Å². The largest absolute Gasteiger partial charge is 0.496 e. The first-order valence-electron chi connectivity index (χ1n) is 5.71. The molecule has 0 saturated heterocycles. The predicted molar refractivity (Wildman–Crippen MR) is 77.2 cm³/mol. The van der Waals surface area contributed by atoms with E-state index in [1.54, 1.807) is 37.1 Å². The number of hydrogen-bond donors (Lipinski definition) is 1. The Morgan fingerprint density at radius 2 is 2.00 bits per heavy atom. The normalized spacial score (nSPS) is 10.2. The number of ether oxygens (including phenoxy) is 1. The number of carboxylic acid groups (broad SMARTS) is 1. The highest BCUT2D eigenvalue weighted by atomic mass is 32.2. The van der Waals surface area contributed by atoms with Crippen molar-refractivity contribution in [2.24, 2.45) is 0 Å². The summed E-state index contributed by atoms with van der Waals surface area (Å²) in [5, 5.41) is 8.99. The Labute approximate surface area is 116 Å². The number of aromatic carboxylic acids is 1. The lowest BCUT2D eigenvalue weighted by molar-refractivity contribution is 0.0696. The van der Waals surface area contributed by atoms with Crippen LogP contribution < -0.4 is 4.74 Å². The van der Waals surface area contributed by atoms with Gasteiger partial charge in [0.1, 0.15) is 5.75 Å². The van der Waals surface area contributed by atoms with Crippen LogP contribution in [0.1, 0.15) is 10.4 Å². The molecule has 2 aromatic rings. The number of thioether (sulfide) groups is 1. The molecule has 0 spiro atoms. The van der Waals surface area contributed by atoms with Crippen LogP contribution in [0, 0.1) is 0 Å². The van der Waals surface area contributed by atoms with Gasteiger partial charge in [-0.15, -0.1) is 11.8 Å². The summed E-state index contributed by atoms with van der Waals surface area (Å²) in [6.07, 6.45) is 2.02. The van der Waals surface area contributed by atoms with Gasteiger partial charge in [0.15, 0.2) is 0 Å². The number of methoxy groups -OCH3 is 1. The van der Waals surface area contributed by atoms with Gasteiger partial charge in [0, 0.05) is 10.5 Å². The molecule has 98 valence electrons. The third kappa shape index (κ3) is 2.90. The van der Waals surface area contributed by atoms with Crippen molar-refractivity contribution in [3.63, 3.8) is 0 Å². The molecule has 2 rings (SSSR count). The maximum absolute atomic E-state index is 11.0. The zero-order chi connectivity index (χ0) is 13.8. The Hall–Kier alpha value is -1.94. The first-order chi connectivity index (χ1) is 9.15. The van der Waals surface area contributed by atoms with E-state index in [9.17, 15) is 4.79 Å². The summed E-state index contributed by atoms with van der Waals surface area (Å²) in [6.45, 7) is 0. The van der Waals surface area contributed by atoms with Gasteiger partial charge in [-0.3, -0.25) is 0 Å². The molecular formula is C15H14O3S. The van der Waals surface area contributed by atoms with Gasteiger partial charge in [-0.05, 0) is 42.2 Å². The van der Waals surface area contributed by atoms with Crippen molar-refractivity contribution in [3.8, 4) is 16.9 Å². The Kier molecular flexibility index (Phi) is 4.12. The van der Waals surface area contributed by atoms with Crippen LogP contribution in [-0.4, -0.2) is 24.4 Å². The maximum atomic E-state index is 11.0. The van der Waals surface area contributed by atoms with Crippen LogP contribution in [0.2, 0.25) is 0 Å². The fraction of sp³-hybridized carbons (Fsp3) is 0.133. The van der Waals surface area contributed by atoms with Gasteiger partial charge >= 0.3 is 5.97 Å². The van der Waals surface area contributed by atoms with Crippen LogP contribution >= 0.6 is 11.8 Å². The third-order valence-corrected chi connectivity index (χ3v) is 3.55. The number of rotatable bonds is 4. The minimum absolute atomic E-state index is 0.224. The fourth-order valence-electron chi connectivity index (χ4n) is 1.85. The van der Waals surface area contributed by atoms with E-state index in [1.807, 2.05) is 24.5 Å². The first-order valence-corrected chi connectivity index (χ1v) is 6.94. The minimum Gasteiger partial charge on any atom is -0.496 e. The molecule has 0 amide bonds. The second-order valence-corrected chi connectivity index (χ2v) is 4.83. The van der Waals surface area contributed by atoms with Crippen LogP contribution in [0.3, 0.4) is 0 Å². The molecule has 0 bridgehead atoms. The molecule has 0 atom stereocenters. The maximum Gasteiger partial charge on any atom is 0.335 e. The van der Waals surface area contributed by atoms with E-state index in [-0.39, 0.29) is 5.56 Å². The lowest BCUT2D eigenvalue weighted by atomic mass is 10.0. The van der Waals surface area contributed by atoms with Gasteiger partial charge in [0.25, 0.3) is 0 Å². The monoisotopic (exact) mass is 274 g/mol. The second kappa shape index (κ2) is 5.80. The molecule has 19 heavy (non-hydrogen) atoms. The molecule has 0 aliphatic heterocycles. The van der Waals surface area contributed by atoms with E-state index >= 15 is 0 Å². The van der Waals surface area contributed by atoms with E-state index in [0.29, 0.717) is 5.75 Å². The van der Waals surface area contributed by atoms with Crippen molar-refractivity contribution in [2.75, 3.05) is 13.4 Å². The molecule has 0 aliphatic carbocycles. The molecule has 0 aromatic heterocycles. The summed E-state index contributed by atoms with van der Waals surface area (Å²) in [6, 6.07) is 13.0. The Bertz CT molecular complexity index is 608. The van der Waals surface area contributed by atoms with E-state index in [4.69, 9.17) is 9.84 Å². The molecule has 0 heterocycles. The molecule has 1 N–H and O–H groups in total. The van der Waals surface area contributed by atoms with Crippen molar-refractivity contribution >= 4 is 17.7 Å². The first kappa shape index (κ1) is 13.5. The summed E-state index contributed by atoms with van der Waals surface area (Å²) in [5.41, 5.74) is 2.13. The van der Waals surface area contributed by atoms with Crippen LogP contribution in [0.5, 0.6) is 5.75 Å². The molecule has 0 fully saturated rings. The highest BCUT2D eigenvalue weighted by Crippen LogP contribution is 2.32. The van der Waals surface area contributed by atoms with Gasteiger partial charge in [-0.2, -0.15) is 0 Å². The number of carboxylic acids is 1. The number of carbonyl (C=O) groups is 1. The Balaban J connectivity index is 2.51. The highest BCUT2D eigenvalue weighted by molar-refractivity contribution is 7.98. The van der Waals surface area contributed by atoms with Crippen molar-refractivity contribution in [1.82, 2.24) is 0 Å². The number of benzene rings is 2. The van der Waals surface area contributed by atoms with Gasteiger partial charge in [-0.25, -0.2) is 4.79 Å². The van der Waals surface area contributed by atoms with Crippen molar-refractivity contribution in [3.05, 3.63) is 48.0 Å². The van der Waals surface area contributed by atoms with E-state index in [1.165, 1.54) is 0 Å². The standard InChI is InChI=1S/C15H14O3S/c1-18-14-9-11(15(16)17)6-7-13(14)10-4-3-5-12(8-10)19-2/h3-9H,1-2H3,(H,16,17). The molecule has 0 unspecified atom stereocenters. The minimum atomic E-state index is -0.956. The molecule has 4 heteroatoms. The average molecular weight is 274 g/mol. The molecule has 2 aromatic carbocycles. The SMILES string of the molecule is COc1cc(C(=O)O)ccc1-c1cccc(SC)c1. The summed E-state index contributed by atoms with van der Waals surface area (Å²) in [4.78, 5) is 12.1. The Morgan fingerprint density at radius 1 is 1.21 bits per heavy atom. The van der Waals surface area contributed by atoms with Crippen molar-refractivity contribution in [2.45, 2.75) is 4.90 Å². The average Bonchev–Trinajstić information content (AvgIpc) is 2.46. The molecular weight excluding hydrogens is 260 g/mol. The van der Waals surface area contributed by atoms with Gasteiger partial charge in [0.05, 0.1) is 12.7 Å². The molecule has 3 nitrogen and oxygen atoms in total. The zero-order valence-corrected chi connectivity index (χ0v) is 11.5. The molecule has 0 radical (unpaired) electrons. The number of hydrogen-bond acceptors (Lipinski definition) is 3. The zero-order valence-electron chi connectivity index (χ0n) is 10.7. The second-order valence-electron chi connectivity index (χ2n) is 3.95. The van der Waals surface area contributed by atoms with Crippen molar-refractivity contribution in [1.29, 1.82) is 0 Å². The highest BCUT2D eigenvalue weighted by Gasteiger charge is 2.10. The van der Waals surface area contributed by atoms with Crippen LogP contribution in [0.25, 0.3) is 11.1 Å². The summed E-state index contributed by atoms with van der Waals surface area (Å²) < 4.78 is 5.29. The smallest absolute Gasteiger partial charge is 0.335 e. The molecule has 0 aliphatic rings. The Morgan fingerprint density at radius 3 is 2.63 bits per heavy atom. The van der Waals surface area contributed by atoms with Crippen LogP contribution in [0.15, 0.2) is 47.4 Å². The lowest BCUT2D eigenvalue weighted by Crippen LogP contribution is -1.98. The van der Waals surface area contributed by atoms with Gasteiger partial charge in [-0.1, -0.05) is 12.1 Å². The van der Waals surface area contributed by atoms with Gasteiger partial charge in [0.2, 0.25) is 0 Å². The molecule has 0 saturated carbocycles. The lowest BCUT2D eigenvalue weighted by Gasteiger charge is -2.10. The van der Waals surface area contributed by atoms with Crippen LogP contribution in [0.4, 0.5) is 0 Å².